The quantitative estimate of drug-likeness (QED) is 0.681. The molecule has 0 atom stereocenters. The average molecular weight is 435 g/mol. The van der Waals surface area contributed by atoms with Crippen molar-refractivity contribution in [3.63, 3.8) is 0 Å². The van der Waals surface area contributed by atoms with Gasteiger partial charge in [0.15, 0.2) is 11.2 Å². The number of aromatic amines is 1. The van der Waals surface area contributed by atoms with Crippen LogP contribution < -0.4 is 5.56 Å². The normalized spacial score (nSPS) is 17.8. The van der Waals surface area contributed by atoms with Gasteiger partial charge in [-0.05, 0) is 42.2 Å². The molecule has 1 saturated heterocycles. The Labute approximate surface area is 187 Å². The molecule has 0 unspecified atom stereocenters. The van der Waals surface area contributed by atoms with Gasteiger partial charge in [0.2, 0.25) is 5.91 Å². The van der Waals surface area contributed by atoms with Crippen LogP contribution in [0.1, 0.15) is 69.3 Å². The summed E-state index contributed by atoms with van der Waals surface area (Å²) in [5, 5.41) is 8.27. The van der Waals surface area contributed by atoms with E-state index < -0.39 is 0 Å². The zero-order valence-electron chi connectivity index (χ0n) is 19.0. The first-order chi connectivity index (χ1) is 15.3. The van der Waals surface area contributed by atoms with Gasteiger partial charge in [0.25, 0.3) is 5.56 Å². The van der Waals surface area contributed by atoms with Crippen LogP contribution >= 0.6 is 0 Å². The number of rotatable bonds is 4. The predicted molar refractivity (Wildman–Crippen MR) is 121 cm³/mol. The number of fused-ring (bicyclic) bond motifs is 1. The fourth-order valence-electron chi connectivity index (χ4n) is 4.43. The topological polar surface area (TPSA) is 96.8 Å². The van der Waals surface area contributed by atoms with Crippen LogP contribution in [0, 0.1) is 5.92 Å². The zero-order valence-corrected chi connectivity index (χ0v) is 19.0. The lowest BCUT2D eigenvalue weighted by atomic mass is 9.87. The molecule has 168 valence electrons. The number of aromatic nitrogens is 5. The van der Waals surface area contributed by atoms with E-state index in [9.17, 15) is 9.59 Å². The third-order valence-electron chi connectivity index (χ3n) is 6.66. The van der Waals surface area contributed by atoms with E-state index in [4.69, 9.17) is 4.98 Å². The molecule has 3 aromatic rings. The summed E-state index contributed by atoms with van der Waals surface area (Å²) in [4.78, 5) is 34.6. The molecule has 2 fully saturated rings. The molecule has 8 nitrogen and oxygen atoms in total. The molecule has 2 aromatic heterocycles. The Morgan fingerprint density at radius 1 is 1.09 bits per heavy atom. The molecule has 32 heavy (non-hydrogen) atoms. The molecule has 1 amide bonds. The fourth-order valence-corrected chi connectivity index (χ4v) is 4.43. The second-order valence-electron chi connectivity index (χ2n) is 10.2. The fraction of sp³-hybridized carbons (Fsp3) is 0.542. The zero-order chi connectivity index (χ0) is 22.5. The van der Waals surface area contributed by atoms with Crippen molar-refractivity contribution in [1.29, 1.82) is 0 Å². The van der Waals surface area contributed by atoms with Crippen molar-refractivity contribution < 1.29 is 4.79 Å². The first-order valence-corrected chi connectivity index (χ1v) is 11.5. The second kappa shape index (κ2) is 7.83. The van der Waals surface area contributed by atoms with Gasteiger partial charge in [-0.1, -0.05) is 50.3 Å². The molecule has 2 aliphatic rings. The minimum atomic E-state index is -0.254. The van der Waals surface area contributed by atoms with Crippen LogP contribution in [0.4, 0.5) is 0 Å². The monoisotopic (exact) mass is 434 g/mol. The molecular weight excluding hydrogens is 404 g/mol. The third kappa shape index (κ3) is 4.06. The number of amides is 1. The Morgan fingerprint density at radius 3 is 2.41 bits per heavy atom. The SMILES string of the molecule is CC(C)(C)c1ccc(Cn2nnc3c(=O)[nH]c(C4CCN(C(=O)C5CC5)CC4)nc32)cc1. The number of H-pyrrole nitrogens is 1. The molecule has 1 N–H and O–H groups in total. The maximum atomic E-state index is 12.7. The highest BCUT2D eigenvalue weighted by atomic mass is 16.2. The van der Waals surface area contributed by atoms with Gasteiger partial charge in [-0.3, -0.25) is 9.59 Å². The molecule has 1 aromatic carbocycles. The van der Waals surface area contributed by atoms with Gasteiger partial charge >= 0.3 is 0 Å². The Kier molecular flexibility index (Phi) is 5.10. The lowest BCUT2D eigenvalue weighted by molar-refractivity contribution is -0.133. The van der Waals surface area contributed by atoms with E-state index in [1.54, 1.807) is 4.68 Å². The summed E-state index contributed by atoms with van der Waals surface area (Å²) in [6.45, 7) is 8.52. The van der Waals surface area contributed by atoms with E-state index in [-0.39, 0.29) is 28.3 Å². The number of likely N-dealkylation sites (tertiary alicyclic amines) is 1. The number of nitrogens with zero attached hydrogens (tertiary/aromatic N) is 5. The molecule has 1 aliphatic carbocycles. The standard InChI is InChI=1S/C24H30N6O2/c1-24(2,3)18-8-4-15(5-9-18)14-30-21-19(27-28-30)22(31)26-20(25-21)16-10-12-29(13-11-16)23(32)17-6-7-17/h4-5,8-9,16-17H,6-7,10-14H2,1-3H3,(H,25,26,31). The van der Waals surface area contributed by atoms with Gasteiger partial charge in [-0.15, -0.1) is 5.10 Å². The first kappa shape index (κ1) is 20.8. The van der Waals surface area contributed by atoms with Crippen LogP contribution in [0.2, 0.25) is 0 Å². The largest absolute Gasteiger partial charge is 0.342 e. The predicted octanol–water partition coefficient (Wildman–Crippen LogP) is 2.98. The molecule has 3 heterocycles. The van der Waals surface area contributed by atoms with Gasteiger partial charge in [-0.2, -0.15) is 0 Å². The van der Waals surface area contributed by atoms with Gasteiger partial charge in [-0.25, -0.2) is 9.67 Å². The molecule has 8 heteroatoms. The summed E-state index contributed by atoms with van der Waals surface area (Å²) in [5.41, 5.74) is 2.98. The number of carbonyl (C=O) groups is 1. The van der Waals surface area contributed by atoms with Crippen molar-refractivity contribution in [3.05, 3.63) is 51.6 Å². The maximum Gasteiger partial charge on any atom is 0.281 e. The molecular formula is C24H30N6O2. The Morgan fingerprint density at radius 2 is 1.78 bits per heavy atom. The number of piperidine rings is 1. The van der Waals surface area contributed by atoms with Crippen molar-refractivity contribution in [2.24, 2.45) is 5.92 Å². The maximum absolute atomic E-state index is 12.7. The minimum Gasteiger partial charge on any atom is -0.342 e. The van der Waals surface area contributed by atoms with E-state index in [0.717, 1.165) is 44.3 Å². The third-order valence-corrected chi connectivity index (χ3v) is 6.66. The number of hydrogen-bond acceptors (Lipinski definition) is 5. The first-order valence-electron chi connectivity index (χ1n) is 11.5. The van der Waals surface area contributed by atoms with Crippen molar-refractivity contribution >= 4 is 17.1 Å². The molecule has 1 aliphatic heterocycles. The van der Waals surface area contributed by atoms with E-state index >= 15 is 0 Å². The summed E-state index contributed by atoms with van der Waals surface area (Å²) < 4.78 is 1.70. The molecule has 0 bridgehead atoms. The molecule has 0 radical (unpaired) electrons. The van der Waals surface area contributed by atoms with Crippen LogP contribution in [-0.4, -0.2) is 48.9 Å². The smallest absolute Gasteiger partial charge is 0.281 e. The number of hydrogen-bond donors (Lipinski definition) is 1. The Hall–Kier alpha value is -3.03. The number of nitrogens with one attached hydrogen (secondary N) is 1. The second-order valence-corrected chi connectivity index (χ2v) is 10.2. The van der Waals surface area contributed by atoms with Crippen LogP contribution in [-0.2, 0) is 16.8 Å². The molecule has 5 rings (SSSR count). The highest BCUT2D eigenvalue weighted by Crippen LogP contribution is 2.33. The average Bonchev–Trinajstić information content (AvgIpc) is 3.55. The highest BCUT2D eigenvalue weighted by Gasteiger charge is 2.35. The van der Waals surface area contributed by atoms with E-state index in [2.05, 4.69) is 60.3 Å². The van der Waals surface area contributed by atoms with Crippen molar-refractivity contribution in [3.8, 4) is 0 Å². The number of benzene rings is 1. The summed E-state index contributed by atoms with van der Waals surface area (Å²) in [7, 11) is 0. The van der Waals surface area contributed by atoms with Gasteiger partial charge in [0, 0.05) is 24.9 Å². The summed E-state index contributed by atoms with van der Waals surface area (Å²) in [5.74, 6) is 1.34. The summed E-state index contributed by atoms with van der Waals surface area (Å²) in [6, 6.07) is 8.46. The molecule has 0 spiro atoms. The summed E-state index contributed by atoms with van der Waals surface area (Å²) in [6.07, 6.45) is 3.67. The highest BCUT2D eigenvalue weighted by molar-refractivity contribution is 5.81. The number of carbonyl (C=O) groups excluding carboxylic acids is 1. The molecule has 1 saturated carbocycles. The minimum absolute atomic E-state index is 0.0983. The lowest BCUT2D eigenvalue weighted by Gasteiger charge is -2.31. The van der Waals surface area contributed by atoms with Gasteiger partial charge in [0.05, 0.1) is 6.54 Å². The van der Waals surface area contributed by atoms with Crippen LogP contribution in [0.5, 0.6) is 0 Å². The Bertz CT molecular complexity index is 1190. The van der Waals surface area contributed by atoms with E-state index in [1.807, 2.05) is 4.90 Å². The van der Waals surface area contributed by atoms with Gasteiger partial charge < -0.3 is 9.88 Å². The van der Waals surface area contributed by atoms with Crippen LogP contribution in [0.15, 0.2) is 29.1 Å². The van der Waals surface area contributed by atoms with Gasteiger partial charge in [0.1, 0.15) is 5.82 Å². The van der Waals surface area contributed by atoms with E-state index in [0.29, 0.717) is 23.9 Å². The summed E-state index contributed by atoms with van der Waals surface area (Å²) >= 11 is 0. The lowest BCUT2D eigenvalue weighted by Crippen LogP contribution is -2.39. The van der Waals surface area contributed by atoms with Crippen molar-refractivity contribution in [2.75, 3.05) is 13.1 Å². The Balaban J connectivity index is 1.36. The van der Waals surface area contributed by atoms with Crippen LogP contribution in [0.25, 0.3) is 11.2 Å². The van der Waals surface area contributed by atoms with Crippen molar-refractivity contribution in [1.82, 2.24) is 29.9 Å². The van der Waals surface area contributed by atoms with E-state index in [1.165, 1.54) is 5.56 Å². The van der Waals surface area contributed by atoms with Crippen LogP contribution in [0.3, 0.4) is 0 Å². The van der Waals surface area contributed by atoms with Crippen molar-refractivity contribution in [2.45, 2.75) is 64.3 Å².